The molecule has 0 unspecified atom stereocenters. The van der Waals surface area contributed by atoms with E-state index in [4.69, 9.17) is 9.26 Å². The Labute approximate surface area is 115 Å². The Kier molecular flexibility index (Phi) is 3.71. The lowest BCUT2D eigenvalue weighted by atomic mass is 9.94. The summed E-state index contributed by atoms with van der Waals surface area (Å²) < 4.78 is 10.2. The number of hydrogen-bond donors (Lipinski definition) is 0. The maximum Gasteiger partial charge on any atom is 0.321 e. The second kappa shape index (κ2) is 5.13. The summed E-state index contributed by atoms with van der Waals surface area (Å²) in [6, 6.07) is 0. The van der Waals surface area contributed by atoms with E-state index in [1.807, 2.05) is 17.7 Å². The summed E-state index contributed by atoms with van der Waals surface area (Å²) in [5.41, 5.74) is 1.08. The molecule has 0 atom stereocenters. The summed E-state index contributed by atoms with van der Waals surface area (Å²) in [7, 11) is 0. The predicted octanol–water partition coefficient (Wildman–Crippen LogP) is 2.95. The molecular weight excluding hydrogens is 264 g/mol. The molecule has 0 bridgehead atoms. The largest absolute Gasteiger partial charge is 0.465 e. The third-order valence-corrected chi connectivity index (χ3v) is 3.70. The minimum atomic E-state index is -0.939. The molecule has 102 valence electrons. The Hall–Kier alpha value is -1.69. The van der Waals surface area contributed by atoms with Crippen molar-refractivity contribution in [3.63, 3.8) is 0 Å². The number of carbonyl (C=O) groups excluding carboxylic acids is 1. The van der Waals surface area contributed by atoms with Gasteiger partial charge in [0.15, 0.2) is 0 Å². The van der Waals surface area contributed by atoms with Crippen LogP contribution in [0.4, 0.5) is 0 Å². The standard InChI is InChI=1S/C13H16N2O3S/c1-5-17-12(16)13(3,4)11-14-10(15-18-11)9-7-19-6-8(9)2/h6-7H,5H2,1-4H3. The van der Waals surface area contributed by atoms with Crippen molar-refractivity contribution >= 4 is 17.3 Å². The summed E-state index contributed by atoms with van der Waals surface area (Å²) in [4.78, 5) is 16.2. The van der Waals surface area contributed by atoms with Gasteiger partial charge in [0, 0.05) is 10.9 Å². The van der Waals surface area contributed by atoms with Crippen molar-refractivity contribution in [3.8, 4) is 11.4 Å². The van der Waals surface area contributed by atoms with Gasteiger partial charge >= 0.3 is 5.97 Å². The Morgan fingerprint density at radius 1 is 1.47 bits per heavy atom. The average Bonchev–Trinajstić information content (AvgIpc) is 2.97. The Morgan fingerprint density at radius 3 is 2.79 bits per heavy atom. The average molecular weight is 280 g/mol. The van der Waals surface area contributed by atoms with Gasteiger partial charge in [0.2, 0.25) is 11.7 Å². The zero-order chi connectivity index (χ0) is 14.0. The summed E-state index contributed by atoms with van der Waals surface area (Å²) >= 11 is 1.58. The lowest BCUT2D eigenvalue weighted by molar-refractivity contribution is -0.149. The molecule has 0 aromatic carbocycles. The first-order valence-electron chi connectivity index (χ1n) is 6.01. The minimum absolute atomic E-state index is 0.270. The van der Waals surface area contributed by atoms with E-state index < -0.39 is 5.41 Å². The topological polar surface area (TPSA) is 65.2 Å². The van der Waals surface area contributed by atoms with Crippen molar-refractivity contribution in [3.05, 3.63) is 22.2 Å². The molecule has 19 heavy (non-hydrogen) atoms. The Balaban J connectivity index is 2.31. The molecule has 0 aliphatic carbocycles. The van der Waals surface area contributed by atoms with Crippen LogP contribution in [0.2, 0.25) is 0 Å². The minimum Gasteiger partial charge on any atom is -0.465 e. The van der Waals surface area contributed by atoms with E-state index in [1.54, 1.807) is 32.1 Å². The van der Waals surface area contributed by atoms with Gasteiger partial charge < -0.3 is 9.26 Å². The molecule has 2 heterocycles. The van der Waals surface area contributed by atoms with Crippen LogP contribution in [0.5, 0.6) is 0 Å². The van der Waals surface area contributed by atoms with Gasteiger partial charge in [0.25, 0.3) is 0 Å². The van der Waals surface area contributed by atoms with Gasteiger partial charge in [0.1, 0.15) is 5.41 Å². The van der Waals surface area contributed by atoms with Gasteiger partial charge in [0.05, 0.1) is 6.61 Å². The number of hydrogen-bond acceptors (Lipinski definition) is 6. The molecule has 0 radical (unpaired) electrons. The van der Waals surface area contributed by atoms with Gasteiger partial charge in [-0.05, 0) is 38.6 Å². The van der Waals surface area contributed by atoms with Crippen LogP contribution in [0.3, 0.4) is 0 Å². The second-order valence-electron chi connectivity index (χ2n) is 4.74. The van der Waals surface area contributed by atoms with Gasteiger partial charge in [-0.3, -0.25) is 4.79 Å². The number of rotatable bonds is 4. The molecule has 0 spiro atoms. The summed E-state index contributed by atoms with van der Waals surface area (Å²) in [6.45, 7) is 7.50. The number of aromatic nitrogens is 2. The first-order valence-corrected chi connectivity index (χ1v) is 6.95. The highest BCUT2D eigenvalue weighted by atomic mass is 32.1. The van der Waals surface area contributed by atoms with Crippen molar-refractivity contribution in [1.82, 2.24) is 10.1 Å². The number of esters is 1. The second-order valence-corrected chi connectivity index (χ2v) is 5.48. The smallest absolute Gasteiger partial charge is 0.321 e. The molecule has 0 aliphatic rings. The molecule has 2 aromatic heterocycles. The fourth-order valence-electron chi connectivity index (χ4n) is 1.58. The van der Waals surface area contributed by atoms with Crippen molar-refractivity contribution < 1.29 is 14.1 Å². The summed E-state index contributed by atoms with van der Waals surface area (Å²) in [6.07, 6.45) is 0. The van der Waals surface area contributed by atoms with Crippen LogP contribution in [0.15, 0.2) is 15.3 Å². The van der Waals surface area contributed by atoms with Crippen LogP contribution in [0, 0.1) is 6.92 Å². The SMILES string of the molecule is CCOC(=O)C(C)(C)c1nc(-c2cscc2C)no1. The fourth-order valence-corrected chi connectivity index (χ4v) is 2.40. The van der Waals surface area contributed by atoms with Gasteiger partial charge in [-0.15, -0.1) is 0 Å². The van der Waals surface area contributed by atoms with Crippen LogP contribution >= 0.6 is 11.3 Å². The molecule has 0 saturated carbocycles. The Morgan fingerprint density at radius 2 is 2.21 bits per heavy atom. The van der Waals surface area contributed by atoms with Crippen LogP contribution in [0.1, 0.15) is 32.2 Å². The van der Waals surface area contributed by atoms with Crippen molar-refractivity contribution in [2.75, 3.05) is 6.61 Å². The Bertz CT molecular complexity index is 586. The highest BCUT2D eigenvalue weighted by Crippen LogP contribution is 2.28. The number of aryl methyl sites for hydroxylation is 1. The van der Waals surface area contributed by atoms with Crippen LogP contribution in [0.25, 0.3) is 11.4 Å². The third-order valence-electron chi connectivity index (χ3n) is 2.84. The van der Waals surface area contributed by atoms with E-state index in [1.165, 1.54) is 0 Å². The quantitative estimate of drug-likeness (QED) is 0.806. The zero-order valence-electron chi connectivity index (χ0n) is 11.4. The molecule has 0 aliphatic heterocycles. The monoisotopic (exact) mass is 280 g/mol. The van der Waals surface area contributed by atoms with E-state index in [2.05, 4.69) is 10.1 Å². The molecule has 0 amide bonds. The maximum absolute atomic E-state index is 11.9. The van der Waals surface area contributed by atoms with Crippen LogP contribution < -0.4 is 0 Å². The van der Waals surface area contributed by atoms with Gasteiger partial charge in [-0.2, -0.15) is 16.3 Å². The molecule has 5 nitrogen and oxygen atoms in total. The van der Waals surface area contributed by atoms with E-state index in [-0.39, 0.29) is 11.9 Å². The van der Waals surface area contributed by atoms with Crippen molar-refractivity contribution in [1.29, 1.82) is 0 Å². The third kappa shape index (κ3) is 2.53. The summed E-state index contributed by atoms with van der Waals surface area (Å²) in [5, 5.41) is 7.92. The highest BCUT2D eigenvalue weighted by Gasteiger charge is 2.37. The summed E-state index contributed by atoms with van der Waals surface area (Å²) in [5.74, 6) is 0.407. The molecule has 0 fully saturated rings. The van der Waals surface area contributed by atoms with E-state index in [0.717, 1.165) is 11.1 Å². The van der Waals surface area contributed by atoms with Crippen molar-refractivity contribution in [2.24, 2.45) is 0 Å². The number of ether oxygens (including phenoxy) is 1. The molecule has 2 rings (SSSR count). The lowest BCUT2D eigenvalue weighted by Crippen LogP contribution is -2.31. The first-order chi connectivity index (χ1) is 8.96. The first kappa shape index (κ1) is 13.7. The van der Waals surface area contributed by atoms with E-state index >= 15 is 0 Å². The van der Waals surface area contributed by atoms with Gasteiger partial charge in [-0.1, -0.05) is 5.16 Å². The molecule has 0 N–H and O–H groups in total. The van der Waals surface area contributed by atoms with Crippen LogP contribution in [-0.4, -0.2) is 22.7 Å². The van der Waals surface area contributed by atoms with E-state index in [9.17, 15) is 4.79 Å². The predicted molar refractivity (Wildman–Crippen MR) is 72.0 cm³/mol. The number of thiophene rings is 1. The molecule has 2 aromatic rings. The molecule has 6 heteroatoms. The maximum atomic E-state index is 11.9. The number of nitrogens with zero attached hydrogens (tertiary/aromatic N) is 2. The fraction of sp³-hybridized carbons (Fsp3) is 0.462. The molecular formula is C13H16N2O3S. The van der Waals surface area contributed by atoms with Gasteiger partial charge in [-0.25, -0.2) is 0 Å². The zero-order valence-corrected chi connectivity index (χ0v) is 12.2. The normalized spacial score (nSPS) is 11.6. The lowest BCUT2D eigenvalue weighted by Gasteiger charge is -2.16. The highest BCUT2D eigenvalue weighted by molar-refractivity contribution is 7.08. The van der Waals surface area contributed by atoms with Crippen LogP contribution in [-0.2, 0) is 14.9 Å². The number of carbonyl (C=O) groups is 1. The van der Waals surface area contributed by atoms with E-state index in [0.29, 0.717) is 12.4 Å². The molecule has 0 saturated heterocycles. The van der Waals surface area contributed by atoms with Crippen molar-refractivity contribution in [2.45, 2.75) is 33.1 Å².